The van der Waals surface area contributed by atoms with Crippen molar-refractivity contribution in [3.8, 4) is 11.3 Å². The lowest BCUT2D eigenvalue weighted by atomic mass is 10.1. The summed E-state index contributed by atoms with van der Waals surface area (Å²) in [4.78, 5) is 0. The van der Waals surface area contributed by atoms with E-state index in [1.807, 2.05) is 0 Å². The second-order valence-electron chi connectivity index (χ2n) is 5.59. The van der Waals surface area contributed by atoms with Crippen LogP contribution < -0.4 is 5.32 Å². The lowest BCUT2D eigenvalue weighted by Gasteiger charge is -2.09. The Morgan fingerprint density at radius 1 is 1.19 bits per heavy atom. The number of furan rings is 1. The van der Waals surface area contributed by atoms with Crippen LogP contribution in [0.4, 0.5) is 0 Å². The molecule has 1 saturated carbocycles. The second-order valence-corrected chi connectivity index (χ2v) is 6.45. The summed E-state index contributed by atoms with van der Waals surface area (Å²) in [5.41, 5.74) is 2.36. The van der Waals surface area contributed by atoms with Crippen LogP contribution in [0, 0.1) is 6.92 Å². The molecule has 114 valence electrons. The highest BCUT2D eigenvalue weighted by atomic mass is 79.9. The zero-order valence-electron chi connectivity index (χ0n) is 12.2. The predicted octanol–water partition coefficient (Wildman–Crippen LogP) is 5.47. The van der Waals surface area contributed by atoms with Gasteiger partial charge < -0.3 is 9.73 Å². The van der Waals surface area contributed by atoms with Gasteiger partial charge in [0.05, 0.1) is 6.54 Å². The van der Waals surface area contributed by atoms with Gasteiger partial charge in [0.1, 0.15) is 11.5 Å². The smallest absolute Gasteiger partial charge is 0.134 e. The maximum absolute atomic E-state index is 5.95. The minimum absolute atomic E-state index is 0. The van der Waals surface area contributed by atoms with Gasteiger partial charge in [0.2, 0.25) is 0 Å². The summed E-state index contributed by atoms with van der Waals surface area (Å²) in [6, 6.07) is 11.1. The quantitative estimate of drug-likeness (QED) is 0.772. The Kier molecular flexibility index (Phi) is 5.91. The van der Waals surface area contributed by atoms with Crippen LogP contribution in [0.3, 0.4) is 0 Å². The third-order valence-electron chi connectivity index (χ3n) is 4.02. The number of rotatable bonds is 4. The summed E-state index contributed by atoms with van der Waals surface area (Å²) in [6.07, 6.45) is 5.33. The van der Waals surface area contributed by atoms with Crippen LogP contribution in [0.1, 0.15) is 37.0 Å². The van der Waals surface area contributed by atoms with Crippen molar-refractivity contribution >= 4 is 28.3 Å². The molecule has 4 heteroatoms. The van der Waals surface area contributed by atoms with Crippen molar-refractivity contribution in [2.24, 2.45) is 0 Å². The molecule has 0 bridgehead atoms. The van der Waals surface area contributed by atoms with E-state index in [9.17, 15) is 0 Å². The predicted molar refractivity (Wildman–Crippen MR) is 92.9 cm³/mol. The highest BCUT2D eigenvalue weighted by molar-refractivity contribution is 9.10. The number of halogens is 2. The van der Waals surface area contributed by atoms with Crippen LogP contribution in [0.15, 0.2) is 39.2 Å². The molecule has 2 nitrogen and oxygen atoms in total. The second kappa shape index (κ2) is 7.48. The number of hydrogen-bond donors (Lipinski definition) is 1. The molecule has 1 aromatic heterocycles. The molecule has 0 amide bonds. The molecule has 2 aromatic rings. The Bertz CT molecular complexity index is 590. The molecule has 1 N–H and O–H groups in total. The highest BCUT2D eigenvalue weighted by Crippen LogP contribution is 2.27. The zero-order chi connectivity index (χ0) is 13.9. The first-order valence-corrected chi connectivity index (χ1v) is 8.10. The Hall–Kier alpha value is -0.770. The molecule has 1 fully saturated rings. The summed E-state index contributed by atoms with van der Waals surface area (Å²) in [5, 5.41) is 3.58. The fourth-order valence-corrected chi connectivity index (χ4v) is 3.05. The van der Waals surface area contributed by atoms with Gasteiger partial charge in [0, 0.05) is 16.1 Å². The fourth-order valence-electron chi connectivity index (χ4n) is 2.80. The summed E-state index contributed by atoms with van der Waals surface area (Å²) >= 11 is 3.53. The van der Waals surface area contributed by atoms with Gasteiger partial charge in [-0.2, -0.15) is 0 Å². The molecule has 21 heavy (non-hydrogen) atoms. The van der Waals surface area contributed by atoms with Crippen molar-refractivity contribution < 1.29 is 4.42 Å². The van der Waals surface area contributed by atoms with Crippen LogP contribution in [-0.4, -0.2) is 6.04 Å². The van der Waals surface area contributed by atoms with Crippen molar-refractivity contribution in [3.63, 3.8) is 0 Å². The maximum Gasteiger partial charge on any atom is 0.134 e. The van der Waals surface area contributed by atoms with Gasteiger partial charge in [-0.1, -0.05) is 34.8 Å². The van der Waals surface area contributed by atoms with Crippen molar-refractivity contribution in [3.05, 3.63) is 46.1 Å². The molecule has 1 aliphatic carbocycles. The fraction of sp³-hybridized carbons (Fsp3) is 0.412. The van der Waals surface area contributed by atoms with E-state index in [0.29, 0.717) is 6.04 Å². The largest absolute Gasteiger partial charge is 0.460 e. The van der Waals surface area contributed by atoms with E-state index >= 15 is 0 Å². The van der Waals surface area contributed by atoms with E-state index in [4.69, 9.17) is 4.42 Å². The standard InChI is InChI=1S/C17H20BrNO.ClH/c1-12-10-13(6-8-16(12)18)17-9-7-15(20-17)11-19-14-4-2-3-5-14;/h6-10,14,19H,2-5,11H2,1H3;1H. The number of nitrogens with one attached hydrogen (secondary N) is 1. The molecule has 0 unspecified atom stereocenters. The topological polar surface area (TPSA) is 25.2 Å². The normalized spacial score (nSPS) is 15.1. The van der Waals surface area contributed by atoms with Crippen molar-refractivity contribution in [1.82, 2.24) is 5.32 Å². The van der Waals surface area contributed by atoms with Crippen LogP contribution in [0.2, 0.25) is 0 Å². The summed E-state index contributed by atoms with van der Waals surface area (Å²) in [5.74, 6) is 1.97. The summed E-state index contributed by atoms with van der Waals surface area (Å²) < 4.78 is 7.08. The van der Waals surface area contributed by atoms with E-state index in [2.05, 4.69) is 58.5 Å². The van der Waals surface area contributed by atoms with Gasteiger partial charge in [0.25, 0.3) is 0 Å². The lowest BCUT2D eigenvalue weighted by Crippen LogP contribution is -2.24. The molecule has 0 radical (unpaired) electrons. The Morgan fingerprint density at radius 2 is 1.95 bits per heavy atom. The van der Waals surface area contributed by atoms with Gasteiger partial charge in [-0.3, -0.25) is 0 Å². The molecule has 3 rings (SSSR count). The first-order chi connectivity index (χ1) is 9.72. The van der Waals surface area contributed by atoms with Gasteiger partial charge in [0.15, 0.2) is 0 Å². The van der Waals surface area contributed by atoms with E-state index in [1.54, 1.807) is 0 Å². The number of hydrogen-bond acceptors (Lipinski definition) is 2. The summed E-state index contributed by atoms with van der Waals surface area (Å²) in [7, 11) is 0. The van der Waals surface area contributed by atoms with Crippen LogP contribution in [0.5, 0.6) is 0 Å². The summed E-state index contributed by atoms with van der Waals surface area (Å²) in [6.45, 7) is 2.93. The molecule has 1 aliphatic rings. The Balaban J connectivity index is 0.00000161. The first kappa shape index (κ1) is 16.6. The third kappa shape index (κ3) is 4.12. The van der Waals surface area contributed by atoms with Crippen LogP contribution in [-0.2, 0) is 6.54 Å². The maximum atomic E-state index is 5.95. The minimum atomic E-state index is 0. The van der Waals surface area contributed by atoms with Gasteiger partial charge >= 0.3 is 0 Å². The van der Waals surface area contributed by atoms with Crippen molar-refractivity contribution in [1.29, 1.82) is 0 Å². The molecule has 0 spiro atoms. The first-order valence-electron chi connectivity index (χ1n) is 7.31. The van der Waals surface area contributed by atoms with E-state index < -0.39 is 0 Å². The van der Waals surface area contributed by atoms with Crippen LogP contribution >= 0.6 is 28.3 Å². The molecule has 0 aliphatic heterocycles. The van der Waals surface area contributed by atoms with Gasteiger partial charge in [-0.15, -0.1) is 12.4 Å². The zero-order valence-corrected chi connectivity index (χ0v) is 14.6. The lowest BCUT2D eigenvalue weighted by molar-refractivity contribution is 0.452. The Labute approximate surface area is 140 Å². The molecule has 1 heterocycles. The van der Waals surface area contributed by atoms with E-state index in [1.165, 1.54) is 31.2 Å². The van der Waals surface area contributed by atoms with Gasteiger partial charge in [-0.05, 0) is 49.6 Å². The third-order valence-corrected chi connectivity index (χ3v) is 4.91. The van der Waals surface area contributed by atoms with E-state index in [0.717, 1.165) is 28.1 Å². The average Bonchev–Trinajstić information content (AvgIpc) is 3.10. The van der Waals surface area contributed by atoms with Crippen molar-refractivity contribution in [2.75, 3.05) is 0 Å². The highest BCUT2D eigenvalue weighted by Gasteiger charge is 2.14. The van der Waals surface area contributed by atoms with Crippen molar-refractivity contribution in [2.45, 2.75) is 45.2 Å². The van der Waals surface area contributed by atoms with Gasteiger partial charge in [-0.25, -0.2) is 0 Å². The Morgan fingerprint density at radius 3 is 2.67 bits per heavy atom. The molecular weight excluding hydrogens is 350 g/mol. The molecule has 0 saturated heterocycles. The average molecular weight is 371 g/mol. The molecule has 1 aromatic carbocycles. The molecular formula is C17H21BrClNO. The number of aryl methyl sites for hydroxylation is 1. The number of benzene rings is 1. The molecule has 0 atom stereocenters. The SMILES string of the molecule is Cc1cc(-c2ccc(CNC3CCCC3)o2)ccc1Br.Cl. The van der Waals surface area contributed by atoms with Crippen LogP contribution in [0.25, 0.3) is 11.3 Å². The minimum Gasteiger partial charge on any atom is -0.460 e. The van der Waals surface area contributed by atoms with E-state index in [-0.39, 0.29) is 12.4 Å². The monoisotopic (exact) mass is 369 g/mol.